The second kappa shape index (κ2) is 6.00. The standard InChI is InChI=1S/C17H17N5O/c1-11-9-14(13-5-4-7-18-10-13)12(2)16(19-11)17(23)20-15-6-8-22(3)21-15/h4-10H,1-3H3,(H,20,21,23). The van der Waals surface area contributed by atoms with E-state index in [0.29, 0.717) is 11.5 Å². The lowest BCUT2D eigenvalue weighted by Gasteiger charge is -2.11. The van der Waals surface area contributed by atoms with Crippen LogP contribution in [0.4, 0.5) is 5.82 Å². The average molecular weight is 307 g/mol. The molecule has 0 aromatic carbocycles. The van der Waals surface area contributed by atoms with Gasteiger partial charge in [-0.3, -0.25) is 14.5 Å². The summed E-state index contributed by atoms with van der Waals surface area (Å²) in [5, 5.41) is 6.93. The zero-order valence-corrected chi connectivity index (χ0v) is 13.2. The molecule has 3 aromatic heterocycles. The van der Waals surface area contributed by atoms with Crippen LogP contribution in [-0.2, 0) is 7.05 Å². The van der Waals surface area contributed by atoms with E-state index in [1.165, 1.54) is 0 Å². The van der Waals surface area contributed by atoms with Crippen molar-refractivity contribution in [2.75, 3.05) is 5.32 Å². The number of hydrogen-bond donors (Lipinski definition) is 1. The van der Waals surface area contributed by atoms with Gasteiger partial charge in [0.05, 0.1) is 0 Å². The van der Waals surface area contributed by atoms with Crippen molar-refractivity contribution in [2.45, 2.75) is 13.8 Å². The highest BCUT2D eigenvalue weighted by molar-refractivity contribution is 6.04. The van der Waals surface area contributed by atoms with Crippen LogP contribution in [0.25, 0.3) is 11.1 Å². The van der Waals surface area contributed by atoms with Crippen LogP contribution in [0.15, 0.2) is 42.9 Å². The highest BCUT2D eigenvalue weighted by Gasteiger charge is 2.16. The van der Waals surface area contributed by atoms with Crippen molar-refractivity contribution in [1.29, 1.82) is 0 Å². The fourth-order valence-corrected chi connectivity index (χ4v) is 2.44. The first-order valence-electron chi connectivity index (χ1n) is 7.24. The number of rotatable bonds is 3. The Morgan fingerprint density at radius 1 is 1.26 bits per heavy atom. The number of carbonyl (C=O) groups is 1. The SMILES string of the molecule is Cc1cc(-c2cccnc2)c(C)c(C(=O)Nc2ccn(C)n2)n1. The third-order valence-corrected chi connectivity index (χ3v) is 3.54. The van der Waals surface area contributed by atoms with Crippen LogP contribution >= 0.6 is 0 Å². The van der Waals surface area contributed by atoms with Gasteiger partial charge in [-0.2, -0.15) is 5.10 Å². The predicted octanol–water partition coefficient (Wildman–Crippen LogP) is 2.75. The molecule has 1 N–H and O–H groups in total. The maximum atomic E-state index is 12.5. The molecule has 0 radical (unpaired) electrons. The van der Waals surface area contributed by atoms with E-state index in [1.807, 2.05) is 32.0 Å². The number of aryl methyl sites for hydroxylation is 2. The summed E-state index contributed by atoms with van der Waals surface area (Å²) in [7, 11) is 1.80. The molecule has 3 rings (SSSR count). The van der Waals surface area contributed by atoms with Crippen LogP contribution < -0.4 is 5.32 Å². The van der Waals surface area contributed by atoms with Crippen molar-refractivity contribution in [3.63, 3.8) is 0 Å². The minimum absolute atomic E-state index is 0.268. The number of nitrogens with one attached hydrogen (secondary N) is 1. The van der Waals surface area contributed by atoms with Gasteiger partial charge in [-0.1, -0.05) is 6.07 Å². The quantitative estimate of drug-likeness (QED) is 0.807. The van der Waals surface area contributed by atoms with E-state index < -0.39 is 0 Å². The van der Waals surface area contributed by atoms with E-state index in [2.05, 4.69) is 20.4 Å². The summed E-state index contributed by atoms with van der Waals surface area (Å²) in [4.78, 5) is 21.1. The lowest BCUT2D eigenvalue weighted by molar-refractivity contribution is 0.102. The van der Waals surface area contributed by atoms with Crippen LogP contribution in [-0.4, -0.2) is 25.7 Å². The molecule has 116 valence electrons. The van der Waals surface area contributed by atoms with Crippen molar-refractivity contribution in [2.24, 2.45) is 7.05 Å². The molecule has 23 heavy (non-hydrogen) atoms. The van der Waals surface area contributed by atoms with E-state index in [1.54, 1.807) is 36.4 Å². The van der Waals surface area contributed by atoms with E-state index in [9.17, 15) is 4.79 Å². The Hall–Kier alpha value is -3.02. The molecule has 3 heterocycles. The van der Waals surface area contributed by atoms with Crippen LogP contribution in [0.1, 0.15) is 21.7 Å². The minimum atomic E-state index is -0.268. The first kappa shape index (κ1) is 14.9. The summed E-state index contributed by atoms with van der Waals surface area (Å²) in [6.45, 7) is 3.76. The van der Waals surface area contributed by atoms with Gasteiger partial charge in [-0.05, 0) is 37.1 Å². The zero-order chi connectivity index (χ0) is 16.4. The molecule has 1 amide bonds. The second-order valence-electron chi connectivity index (χ2n) is 5.36. The summed E-state index contributed by atoms with van der Waals surface area (Å²) in [5.74, 6) is 0.234. The largest absolute Gasteiger partial charge is 0.304 e. The normalized spacial score (nSPS) is 10.6. The molecule has 3 aromatic rings. The molecule has 0 saturated carbocycles. The molecule has 0 saturated heterocycles. The third-order valence-electron chi connectivity index (χ3n) is 3.54. The lowest BCUT2D eigenvalue weighted by atomic mass is 10.00. The number of nitrogens with zero attached hydrogens (tertiary/aromatic N) is 4. The van der Waals surface area contributed by atoms with Crippen LogP contribution in [0.5, 0.6) is 0 Å². The van der Waals surface area contributed by atoms with Crippen molar-refractivity contribution in [1.82, 2.24) is 19.7 Å². The Labute approximate surface area is 134 Å². The van der Waals surface area contributed by atoms with Gasteiger partial charge in [-0.25, -0.2) is 4.98 Å². The van der Waals surface area contributed by atoms with Gasteiger partial charge in [0.25, 0.3) is 5.91 Å². The highest BCUT2D eigenvalue weighted by atomic mass is 16.2. The fraction of sp³-hybridized carbons (Fsp3) is 0.176. The second-order valence-corrected chi connectivity index (χ2v) is 5.36. The van der Waals surface area contributed by atoms with E-state index in [4.69, 9.17) is 0 Å². The maximum absolute atomic E-state index is 12.5. The first-order chi connectivity index (χ1) is 11.0. The van der Waals surface area contributed by atoms with E-state index in [-0.39, 0.29) is 5.91 Å². The van der Waals surface area contributed by atoms with Crippen molar-refractivity contribution in [3.05, 3.63) is 59.8 Å². The Morgan fingerprint density at radius 2 is 2.09 bits per heavy atom. The van der Waals surface area contributed by atoms with Crippen LogP contribution in [0.3, 0.4) is 0 Å². The summed E-state index contributed by atoms with van der Waals surface area (Å²) >= 11 is 0. The monoisotopic (exact) mass is 307 g/mol. The van der Waals surface area contributed by atoms with Gasteiger partial charge in [0.15, 0.2) is 5.82 Å². The molecular formula is C17H17N5O. The molecule has 0 aliphatic carbocycles. The van der Waals surface area contributed by atoms with Gasteiger partial charge < -0.3 is 5.32 Å². The molecule has 6 heteroatoms. The number of amides is 1. The molecule has 6 nitrogen and oxygen atoms in total. The smallest absolute Gasteiger partial charge is 0.275 e. The summed E-state index contributed by atoms with van der Waals surface area (Å²) < 4.78 is 1.63. The topological polar surface area (TPSA) is 72.7 Å². The highest BCUT2D eigenvalue weighted by Crippen LogP contribution is 2.25. The Bertz CT molecular complexity index is 855. The average Bonchev–Trinajstić information content (AvgIpc) is 2.95. The summed E-state index contributed by atoms with van der Waals surface area (Å²) in [5.41, 5.74) is 3.91. The zero-order valence-electron chi connectivity index (χ0n) is 13.2. The lowest BCUT2D eigenvalue weighted by Crippen LogP contribution is -2.17. The summed E-state index contributed by atoms with van der Waals surface area (Å²) in [6, 6.07) is 7.54. The van der Waals surface area contributed by atoms with Gasteiger partial charge in [0, 0.05) is 43.0 Å². The molecule has 0 fully saturated rings. The Morgan fingerprint density at radius 3 is 2.74 bits per heavy atom. The number of carbonyl (C=O) groups excluding carboxylic acids is 1. The van der Waals surface area contributed by atoms with Crippen molar-refractivity contribution in [3.8, 4) is 11.1 Å². The van der Waals surface area contributed by atoms with Gasteiger partial charge in [-0.15, -0.1) is 0 Å². The molecular weight excluding hydrogens is 290 g/mol. The van der Waals surface area contributed by atoms with Gasteiger partial charge in [0.2, 0.25) is 0 Å². The molecule has 0 aliphatic heterocycles. The van der Waals surface area contributed by atoms with Crippen molar-refractivity contribution >= 4 is 11.7 Å². The summed E-state index contributed by atoms with van der Waals surface area (Å²) in [6.07, 6.45) is 5.27. The molecule has 0 aliphatic rings. The fourth-order valence-electron chi connectivity index (χ4n) is 2.44. The van der Waals surface area contributed by atoms with Gasteiger partial charge in [0.1, 0.15) is 5.69 Å². The number of aromatic nitrogens is 4. The third kappa shape index (κ3) is 3.11. The molecule has 0 atom stereocenters. The predicted molar refractivity (Wildman–Crippen MR) is 88.1 cm³/mol. The Kier molecular flexibility index (Phi) is 3.89. The van der Waals surface area contributed by atoms with E-state index >= 15 is 0 Å². The molecule has 0 bridgehead atoms. The van der Waals surface area contributed by atoms with E-state index in [0.717, 1.165) is 22.4 Å². The Balaban J connectivity index is 1.99. The molecule has 0 spiro atoms. The number of pyridine rings is 2. The maximum Gasteiger partial charge on any atom is 0.275 e. The van der Waals surface area contributed by atoms with Crippen LogP contribution in [0, 0.1) is 13.8 Å². The molecule has 0 unspecified atom stereocenters. The minimum Gasteiger partial charge on any atom is -0.304 e. The van der Waals surface area contributed by atoms with Crippen molar-refractivity contribution < 1.29 is 4.79 Å². The number of anilines is 1. The van der Waals surface area contributed by atoms with Gasteiger partial charge >= 0.3 is 0 Å². The first-order valence-corrected chi connectivity index (χ1v) is 7.24. The number of hydrogen-bond acceptors (Lipinski definition) is 4. The van der Waals surface area contributed by atoms with Crippen LogP contribution in [0.2, 0.25) is 0 Å².